The van der Waals surface area contributed by atoms with Crippen molar-refractivity contribution in [1.29, 1.82) is 0 Å². The van der Waals surface area contributed by atoms with E-state index in [2.05, 4.69) is 27.9 Å². The number of alkyl carbamates (subject to hydrolysis) is 1. The number of pyridine rings is 1. The number of urea groups is 1. The number of anilines is 1. The number of hydrogen-bond acceptors (Lipinski definition) is 5. The van der Waals surface area contributed by atoms with Gasteiger partial charge < -0.3 is 25.6 Å². The van der Waals surface area contributed by atoms with Gasteiger partial charge in [0.25, 0.3) is 5.91 Å². The highest BCUT2D eigenvalue weighted by Gasteiger charge is 2.36. The van der Waals surface area contributed by atoms with Gasteiger partial charge in [-0.15, -0.1) is 0 Å². The third-order valence-electron chi connectivity index (χ3n) is 6.23. The third kappa shape index (κ3) is 7.33. The zero-order valence-corrected chi connectivity index (χ0v) is 21.2. The number of aromatic nitrogens is 1. The van der Waals surface area contributed by atoms with Gasteiger partial charge in [0.05, 0.1) is 5.54 Å². The number of nitrogens with one attached hydrogen (secondary N) is 3. The summed E-state index contributed by atoms with van der Waals surface area (Å²) >= 11 is 0. The molecular formula is C25H39N5O4. The van der Waals surface area contributed by atoms with Crippen molar-refractivity contribution < 1.29 is 19.1 Å². The Kier molecular flexibility index (Phi) is 7.73. The fraction of sp³-hybridized carbons (Fsp3) is 0.680. The quantitative estimate of drug-likeness (QED) is 0.577. The summed E-state index contributed by atoms with van der Waals surface area (Å²) in [7, 11) is 0. The molecule has 3 N–H and O–H groups in total. The second-order valence-electron chi connectivity index (χ2n) is 11.4. The first-order valence-corrected chi connectivity index (χ1v) is 12.1. The number of nitrogens with zero attached hydrogens (tertiary/aromatic N) is 2. The van der Waals surface area contributed by atoms with Gasteiger partial charge in [-0.25, -0.2) is 14.6 Å². The number of hydrogen-bond donors (Lipinski definition) is 3. The van der Waals surface area contributed by atoms with Crippen LogP contribution < -0.4 is 16.0 Å². The van der Waals surface area contributed by atoms with E-state index in [9.17, 15) is 14.4 Å². The van der Waals surface area contributed by atoms with Crippen LogP contribution in [0.5, 0.6) is 0 Å². The van der Waals surface area contributed by atoms with Crippen molar-refractivity contribution in [2.45, 2.75) is 91.0 Å². The summed E-state index contributed by atoms with van der Waals surface area (Å²) in [6.07, 6.45) is 3.77. The molecule has 1 aliphatic carbocycles. The highest BCUT2D eigenvalue weighted by molar-refractivity contribution is 5.94. The highest BCUT2D eigenvalue weighted by atomic mass is 16.6. The van der Waals surface area contributed by atoms with Gasteiger partial charge in [0, 0.05) is 30.7 Å². The van der Waals surface area contributed by atoms with Gasteiger partial charge in [-0.3, -0.25) is 4.79 Å². The molecule has 0 radical (unpaired) electrons. The van der Waals surface area contributed by atoms with Crippen LogP contribution in [0.4, 0.5) is 15.4 Å². The van der Waals surface area contributed by atoms with Crippen molar-refractivity contribution in [2.75, 3.05) is 11.9 Å². The van der Waals surface area contributed by atoms with Gasteiger partial charge in [0.1, 0.15) is 5.82 Å². The molecule has 1 aromatic rings. The smallest absolute Gasteiger partial charge is 0.408 e. The standard InChI is InChI=1S/C25H39N5O4/c1-16-7-9-18(10-8-16)20(34-23(33)29-24(2,3)4)21(31)27-19-13-17(11-12-26-19)14-30-15-25(5,6)28-22(30)32/h11-13,16,18,20H,7-10,14-15H2,1-6H3,(H,28,32)(H,29,33)(H,26,27,31). The molecule has 9 nitrogen and oxygen atoms in total. The van der Waals surface area contributed by atoms with Crippen molar-refractivity contribution in [1.82, 2.24) is 20.5 Å². The van der Waals surface area contributed by atoms with Gasteiger partial charge in [0.2, 0.25) is 0 Å². The number of carbonyl (C=O) groups is 3. The second-order valence-corrected chi connectivity index (χ2v) is 11.4. The Labute approximate surface area is 202 Å². The number of amides is 4. The minimum atomic E-state index is -0.898. The fourth-order valence-electron chi connectivity index (χ4n) is 4.55. The fourth-order valence-corrected chi connectivity index (χ4v) is 4.55. The zero-order chi connectivity index (χ0) is 25.1. The molecule has 3 rings (SSSR count). The maximum atomic E-state index is 13.3. The van der Waals surface area contributed by atoms with Crippen LogP contribution in [0, 0.1) is 11.8 Å². The van der Waals surface area contributed by atoms with E-state index in [4.69, 9.17) is 4.74 Å². The normalized spacial score (nSPS) is 23.1. The molecule has 9 heteroatoms. The summed E-state index contributed by atoms with van der Waals surface area (Å²) in [6, 6.07) is 3.46. The van der Waals surface area contributed by atoms with Crippen molar-refractivity contribution in [3.8, 4) is 0 Å². The lowest BCUT2D eigenvalue weighted by Crippen LogP contribution is -2.47. The first kappa shape index (κ1) is 25.8. The first-order chi connectivity index (χ1) is 15.8. The van der Waals surface area contributed by atoms with E-state index in [0.717, 1.165) is 31.2 Å². The molecule has 1 atom stereocenters. The summed E-state index contributed by atoms with van der Waals surface area (Å²) in [5.74, 6) is 0.554. The summed E-state index contributed by atoms with van der Waals surface area (Å²) in [5.41, 5.74) is 0.107. The number of ether oxygens (including phenoxy) is 1. The van der Waals surface area contributed by atoms with Gasteiger partial charge in [-0.1, -0.05) is 19.8 Å². The summed E-state index contributed by atoms with van der Waals surface area (Å²) < 4.78 is 5.66. The van der Waals surface area contributed by atoms with Gasteiger partial charge in [0.15, 0.2) is 6.10 Å². The van der Waals surface area contributed by atoms with Gasteiger partial charge in [-0.05, 0) is 71.1 Å². The molecule has 0 spiro atoms. The summed E-state index contributed by atoms with van der Waals surface area (Å²) in [4.78, 5) is 44.0. The molecular weight excluding hydrogens is 434 g/mol. The molecule has 1 aliphatic heterocycles. The Hall–Kier alpha value is -2.84. The largest absolute Gasteiger partial charge is 0.436 e. The van der Waals surface area contributed by atoms with Crippen LogP contribution in [-0.4, -0.2) is 51.6 Å². The van der Waals surface area contributed by atoms with Crippen LogP contribution in [0.15, 0.2) is 18.3 Å². The minimum Gasteiger partial charge on any atom is -0.436 e. The third-order valence-corrected chi connectivity index (χ3v) is 6.23. The van der Waals surface area contributed by atoms with E-state index in [1.807, 2.05) is 40.7 Å². The molecule has 1 saturated carbocycles. The molecule has 4 amide bonds. The van der Waals surface area contributed by atoms with Crippen LogP contribution in [0.2, 0.25) is 0 Å². The maximum absolute atomic E-state index is 13.3. The van der Waals surface area contributed by atoms with E-state index >= 15 is 0 Å². The molecule has 2 aliphatic rings. The van der Waals surface area contributed by atoms with E-state index in [0.29, 0.717) is 24.8 Å². The van der Waals surface area contributed by atoms with Crippen LogP contribution >= 0.6 is 0 Å². The highest BCUT2D eigenvalue weighted by Crippen LogP contribution is 2.32. The molecule has 1 unspecified atom stereocenters. The van der Waals surface area contributed by atoms with E-state index < -0.39 is 17.7 Å². The lowest BCUT2D eigenvalue weighted by Gasteiger charge is -2.32. The Morgan fingerprint density at radius 3 is 2.53 bits per heavy atom. The maximum Gasteiger partial charge on any atom is 0.408 e. The average molecular weight is 474 g/mol. The Morgan fingerprint density at radius 1 is 1.26 bits per heavy atom. The van der Waals surface area contributed by atoms with Gasteiger partial charge >= 0.3 is 12.1 Å². The molecule has 0 aromatic carbocycles. The predicted octanol–water partition coefficient (Wildman–Crippen LogP) is 4.04. The van der Waals surface area contributed by atoms with Crippen molar-refractivity contribution in [3.05, 3.63) is 23.9 Å². The molecule has 0 bridgehead atoms. The lowest BCUT2D eigenvalue weighted by atomic mass is 9.80. The van der Waals surface area contributed by atoms with Crippen molar-refractivity contribution in [2.24, 2.45) is 11.8 Å². The minimum absolute atomic E-state index is 0.0411. The lowest BCUT2D eigenvalue weighted by molar-refractivity contribution is -0.128. The van der Waals surface area contributed by atoms with E-state index in [1.54, 1.807) is 17.2 Å². The molecule has 34 heavy (non-hydrogen) atoms. The van der Waals surface area contributed by atoms with Crippen LogP contribution in [0.1, 0.15) is 72.8 Å². The molecule has 2 fully saturated rings. The van der Waals surface area contributed by atoms with Crippen LogP contribution in [-0.2, 0) is 16.1 Å². The van der Waals surface area contributed by atoms with Gasteiger partial charge in [-0.2, -0.15) is 0 Å². The number of rotatable bonds is 6. The first-order valence-electron chi connectivity index (χ1n) is 12.1. The topological polar surface area (TPSA) is 113 Å². The summed E-state index contributed by atoms with van der Waals surface area (Å²) in [5, 5.41) is 8.56. The summed E-state index contributed by atoms with van der Waals surface area (Å²) in [6.45, 7) is 12.8. The second kappa shape index (κ2) is 10.2. The molecule has 1 aromatic heterocycles. The average Bonchev–Trinajstić information content (AvgIpc) is 2.97. The zero-order valence-electron chi connectivity index (χ0n) is 21.2. The SMILES string of the molecule is CC1CCC(C(OC(=O)NC(C)(C)C)C(=O)Nc2cc(CN3CC(C)(C)NC3=O)ccn2)CC1. The Morgan fingerprint density at radius 2 is 1.94 bits per heavy atom. The number of carbonyl (C=O) groups excluding carboxylic acids is 3. The molecule has 2 heterocycles. The Balaban J connectivity index is 1.69. The van der Waals surface area contributed by atoms with Crippen molar-refractivity contribution in [3.63, 3.8) is 0 Å². The van der Waals surface area contributed by atoms with Crippen molar-refractivity contribution >= 4 is 23.8 Å². The van der Waals surface area contributed by atoms with Crippen LogP contribution in [0.3, 0.4) is 0 Å². The molecule has 1 saturated heterocycles. The van der Waals surface area contributed by atoms with Crippen LogP contribution in [0.25, 0.3) is 0 Å². The van der Waals surface area contributed by atoms with E-state index in [-0.39, 0.29) is 23.4 Å². The molecule has 188 valence electrons. The Bertz CT molecular complexity index is 903. The monoisotopic (exact) mass is 473 g/mol. The van der Waals surface area contributed by atoms with E-state index in [1.165, 1.54) is 0 Å². The predicted molar refractivity (Wildman–Crippen MR) is 130 cm³/mol.